The second-order valence-electron chi connectivity index (χ2n) is 7.47. The van der Waals surface area contributed by atoms with Crippen molar-refractivity contribution in [3.05, 3.63) is 95.1 Å². The fraction of sp³-hybridized carbons (Fsp3) is 0.174. The number of halogens is 2. The molecule has 160 valence electrons. The first-order chi connectivity index (χ1) is 14.8. The fourth-order valence-corrected chi connectivity index (χ4v) is 5.19. The van der Waals surface area contributed by atoms with Crippen LogP contribution in [-0.4, -0.2) is 24.7 Å². The van der Waals surface area contributed by atoms with Gasteiger partial charge in [-0.05, 0) is 48.7 Å². The number of nitrogens with zero attached hydrogens (tertiary/aromatic N) is 1. The molecule has 8 heteroatoms. The van der Waals surface area contributed by atoms with Crippen LogP contribution < -0.4 is 5.32 Å². The van der Waals surface area contributed by atoms with Crippen LogP contribution in [0.2, 0.25) is 0 Å². The number of carbonyl (C=O) groups is 1. The maximum absolute atomic E-state index is 14.1. The van der Waals surface area contributed by atoms with Crippen LogP contribution in [0.4, 0.5) is 14.5 Å². The van der Waals surface area contributed by atoms with Crippen LogP contribution in [0.1, 0.15) is 16.7 Å². The first-order valence-corrected chi connectivity index (χ1v) is 11.1. The molecule has 1 N–H and O–H groups in total. The zero-order valence-electron chi connectivity index (χ0n) is 16.7. The summed E-state index contributed by atoms with van der Waals surface area (Å²) in [5.41, 5.74) is 2.34. The maximum atomic E-state index is 14.1. The molecule has 3 aromatic rings. The largest absolute Gasteiger partial charge is 0.322 e. The van der Waals surface area contributed by atoms with Crippen LogP contribution in [0.25, 0.3) is 0 Å². The van der Waals surface area contributed by atoms with Gasteiger partial charge in [0, 0.05) is 12.6 Å². The topological polar surface area (TPSA) is 66.5 Å². The van der Waals surface area contributed by atoms with E-state index in [1.807, 2.05) is 31.2 Å². The average Bonchev–Trinajstić information content (AvgIpc) is 2.75. The molecule has 0 aromatic heterocycles. The lowest BCUT2D eigenvalue weighted by atomic mass is 9.95. The Balaban J connectivity index is 1.72. The number of nitrogens with one attached hydrogen (secondary N) is 1. The smallest absolute Gasteiger partial charge is 0.244 e. The van der Waals surface area contributed by atoms with Crippen LogP contribution in [0.15, 0.2) is 71.6 Å². The molecule has 1 heterocycles. The van der Waals surface area contributed by atoms with Crippen molar-refractivity contribution < 1.29 is 22.0 Å². The second-order valence-corrected chi connectivity index (χ2v) is 9.36. The summed E-state index contributed by atoms with van der Waals surface area (Å²) in [4.78, 5) is 13.2. The number of fused-ring (bicyclic) bond motifs is 1. The highest BCUT2D eigenvalue weighted by Gasteiger charge is 2.39. The molecule has 31 heavy (non-hydrogen) atoms. The van der Waals surface area contributed by atoms with Crippen molar-refractivity contribution in [2.75, 3.05) is 5.32 Å². The molecule has 0 fully saturated rings. The number of benzene rings is 3. The molecule has 0 radical (unpaired) electrons. The molecule has 3 aromatic carbocycles. The predicted molar refractivity (Wildman–Crippen MR) is 113 cm³/mol. The predicted octanol–water partition coefficient (Wildman–Crippen LogP) is 4.03. The molecule has 0 unspecified atom stereocenters. The molecule has 1 aliphatic heterocycles. The molecule has 0 aliphatic carbocycles. The minimum atomic E-state index is -4.01. The maximum Gasteiger partial charge on any atom is 0.244 e. The van der Waals surface area contributed by atoms with Crippen LogP contribution in [0.5, 0.6) is 0 Å². The Morgan fingerprint density at radius 3 is 2.35 bits per heavy atom. The highest BCUT2D eigenvalue weighted by molar-refractivity contribution is 7.89. The van der Waals surface area contributed by atoms with Gasteiger partial charge < -0.3 is 5.32 Å². The first-order valence-electron chi connectivity index (χ1n) is 9.67. The first kappa shape index (κ1) is 21.1. The van der Waals surface area contributed by atoms with Crippen molar-refractivity contribution >= 4 is 21.6 Å². The molecule has 1 aliphatic rings. The highest BCUT2D eigenvalue weighted by atomic mass is 32.2. The molecule has 1 atom stereocenters. The van der Waals surface area contributed by atoms with Gasteiger partial charge in [-0.2, -0.15) is 4.31 Å². The van der Waals surface area contributed by atoms with Gasteiger partial charge in [0.05, 0.1) is 10.6 Å². The third-order valence-corrected chi connectivity index (χ3v) is 7.19. The second kappa shape index (κ2) is 8.20. The van der Waals surface area contributed by atoms with E-state index in [9.17, 15) is 22.0 Å². The lowest BCUT2D eigenvalue weighted by Crippen LogP contribution is -2.50. The fourth-order valence-electron chi connectivity index (χ4n) is 3.63. The molecule has 4 rings (SSSR count). The van der Waals surface area contributed by atoms with E-state index in [2.05, 4.69) is 5.32 Å². The zero-order valence-corrected chi connectivity index (χ0v) is 17.5. The Morgan fingerprint density at radius 1 is 1.00 bits per heavy atom. The van der Waals surface area contributed by atoms with Crippen molar-refractivity contribution in [1.82, 2.24) is 4.31 Å². The van der Waals surface area contributed by atoms with Crippen molar-refractivity contribution in [2.24, 2.45) is 0 Å². The Hall–Kier alpha value is -3.10. The van der Waals surface area contributed by atoms with E-state index in [0.717, 1.165) is 33.1 Å². The third-order valence-electron chi connectivity index (χ3n) is 5.32. The van der Waals surface area contributed by atoms with E-state index < -0.39 is 33.6 Å². The van der Waals surface area contributed by atoms with Gasteiger partial charge in [-0.25, -0.2) is 17.2 Å². The van der Waals surface area contributed by atoms with Crippen LogP contribution in [0.3, 0.4) is 0 Å². The van der Waals surface area contributed by atoms with E-state index in [-0.39, 0.29) is 23.5 Å². The third kappa shape index (κ3) is 4.22. The number of rotatable bonds is 4. The van der Waals surface area contributed by atoms with E-state index in [1.165, 1.54) is 12.1 Å². The zero-order chi connectivity index (χ0) is 22.2. The van der Waals surface area contributed by atoms with Crippen molar-refractivity contribution in [3.8, 4) is 0 Å². The number of hydrogen-bond donors (Lipinski definition) is 1. The minimum Gasteiger partial charge on any atom is -0.322 e. The summed E-state index contributed by atoms with van der Waals surface area (Å²) >= 11 is 0. The Bertz CT molecular complexity index is 1240. The number of anilines is 1. The summed E-state index contributed by atoms with van der Waals surface area (Å²) in [6.07, 6.45) is 0.135. The van der Waals surface area contributed by atoms with Gasteiger partial charge in [-0.1, -0.05) is 42.0 Å². The van der Waals surface area contributed by atoms with Gasteiger partial charge >= 0.3 is 0 Å². The van der Waals surface area contributed by atoms with E-state index in [1.54, 1.807) is 12.1 Å². The van der Waals surface area contributed by atoms with E-state index >= 15 is 0 Å². The summed E-state index contributed by atoms with van der Waals surface area (Å²) in [7, 11) is -4.01. The number of aryl methyl sites for hydroxylation is 1. The average molecular weight is 442 g/mol. The molecule has 0 spiro atoms. The molecule has 0 saturated carbocycles. The van der Waals surface area contributed by atoms with Gasteiger partial charge in [0.1, 0.15) is 17.7 Å². The summed E-state index contributed by atoms with van der Waals surface area (Å²) in [6, 6.07) is 15.4. The number of hydrogen-bond acceptors (Lipinski definition) is 3. The highest BCUT2D eigenvalue weighted by Crippen LogP contribution is 2.30. The van der Waals surface area contributed by atoms with E-state index in [4.69, 9.17) is 0 Å². The molecular weight excluding hydrogens is 422 g/mol. The van der Waals surface area contributed by atoms with Gasteiger partial charge in [0.2, 0.25) is 15.9 Å². The van der Waals surface area contributed by atoms with Crippen molar-refractivity contribution in [3.63, 3.8) is 0 Å². The molecule has 5 nitrogen and oxygen atoms in total. The lowest BCUT2D eigenvalue weighted by Gasteiger charge is -2.35. The van der Waals surface area contributed by atoms with Crippen LogP contribution >= 0.6 is 0 Å². The summed E-state index contributed by atoms with van der Waals surface area (Å²) in [6.45, 7) is 1.86. The lowest BCUT2D eigenvalue weighted by molar-refractivity contribution is -0.120. The van der Waals surface area contributed by atoms with E-state index in [0.29, 0.717) is 6.07 Å². The number of carbonyl (C=O) groups excluding carboxylic acids is 1. The quantitative estimate of drug-likeness (QED) is 0.664. The van der Waals surface area contributed by atoms with Gasteiger partial charge in [-0.15, -0.1) is 0 Å². The Labute approximate surface area is 179 Å². The van der Waals surface area contributed by atoms with Gasteiger partial charge in [0.15, 0.2) is 0 Å². The Kier molecular flexibility index (Phi) is 5.60. The monoisotopic (exact) mass is 442 g/mol. The van der Waals surface area contributed by atoms with Crippen LogP contribution in [-0.2, 0) is 27.8 Å². The van der Waals surface area contributed by atoms with Gasteiger partial charge in [0.25, 0.3) is 0 Å². The summed E-state index contributed by atoms with van der Waals surface area (Å²) < 4.78 is 55.2. The molecule has 0 bridgehead atoms. The SMILES string of the molecule is Cc1ccc(S(=O)(=O)N2Cc3ccccc3C[C@H]2C(=O)Nc2ccc(F)cc2F)cc1. The number of sulfonamides is 1. The molecule has 0 saturated heterocycles. The standard InChI is InChI=1S/C23H20F2N2O3S/c1-15-6-9-19(10-7-15)31(29,30)27-14-17-5-3-2-4-16(17)12-22(27)23(28)26-21-11-8-18(24)13-20(21)25/h2-11,13,22H,12,14H2,1H3,(H,26,28)/t22-/m0/s1. The van der Waals surface area contributed by atoms with Gasteiger partial charge in [-0.3, -0.25) is 4.79 Å². The normalized spacial score (nSPS) is 16.5. The minimum absolute atomic E-state index is 0.0103. The van der Waals surface area contributed by atoms with Crippen molar-refractivity contribution in [2.45, 2.75) is 30.8 Å². The Morgan fingerprint density at radius 2 is 1.68 bits per heavy atom. The number of amides is 1. The molecule has 1 amide bonds. The summed E-state index contributed by atoms with van der Waals surface area (Å²) in [5, 5.41) is 2.41. The van der Waals surface area contributed by atoms with Crippen molar-refractivity contribution in [1.29, 1.82) is 0 Å². The molecular formula is C23H20F2N2O3S. The summed E-state index contributed by atoms with van der Waals surface area (Å²) in [5.74, 6) is -2.39. The van der Waals surface area contributed by atoms with Crippen LogP contribution in [0, 0.1) is 18.6 Å².